The van der Waals surface area contributed by atoms with Crippen LogP contribution in [0, 0.1) is 0 Å². The molecule has 4 heteroatoms. The van der Waals surface area contributed by atoms with Crippen LogP contribution in [0.15, 0.2) is 29.2 Å². The van der Waals surface area contributed by atoms with E-state index in [-0.39, 0.29) is 5.91 Å². The van der Waals surface area contributed by atoms with Crippen molar-refractivity contribution in [1.82, 2.24) is 5.32 Å². The molecule has 1 aromatic rings. The average Bonchev–Trinajstić information content (AvgIpc) is 2.59. The number of rotatable bonds is 2. The number of hydrogen-bond acceptors (Lipinski definition) is 3. The smallest absolute Gasteiger partial charge is 0.263 e. The van der Waals surface area contributed by atoms with Gasteiger partial charge in [0.05, 0.1) is 4.91 Å². The second kappa shape index (κ2) is 4.80. The zero-order valence-electron chi connectivity index (χ0n) is 8.82. The summed E-state index contributed by atoms with van der Waals surface area (Å²) in [4.78, 5) is 12.1. The lowest BCUT2D eigenvalue weighted by Crippen LogP contribution is -2.17. The average molecular weight is 249 g/mol. The van der Waals surface area contributed by atoms with Crippen LogP contribution < -0.4 is 5.32 Å². The Morgan fingerprint density at radius 3 is 2.56 bits per heavy atom. The summed E-state index contributed by atoms with van der Waals surface area (Å²) in [6.45, 7) is 2.12. The van der Waals surface area contributed by atoms with Gasteiger partial charge in [-0.05, 0) is 23.6 Å². The van der Waals surface area contributed by atoms with Gasteiger partial charge in [-0.3, -0.25) is 4.79 Å². The summed E-state index contributed by atoms with van der Waals surface area (Å²) in [6.07, 6.45) is 2.88. The SMILES string of the molecule is CCc1ccc(/C=C2/SC(=S)NC2=O)cc1. The minimum absolute atomic E-state index is 0.102. The molecule has 0 radical (unpaired) electrons. The lowest BCUT2D eigenvalue weighted by atomic mass is 10.1. The first-order valence-electron chi connectivity index (χ1n) is 5.03. The zero-order chi connectivity index (χ0) is 11.5. The van der Waals surface area contributed by atoms with Gasteiger partial charge in [0, 0.05) is 0 Å². The molecule has 1 amide bonds. The molecule has 0 aliphatic carbocycles. The number of carbonyl (C=O) groups is 1. The van der Waals surface area contributed by atoms with Gasteiger partial charge in [0.25, 0.3) is 5.91 Å². The van der Waals surface area contributed by atoms with E-state index in [9.17, 15) is 4.79 Å². The van der Waals surface area contributed by atoms with Crippen LogP contribution in [0.2, 0.25) is 0 Å². The van der Waals surface area contributed by atoms with E-state index in [2.05, 4.69) is 24.4 Å². The molecule has 0 aromatic heterocycles. The van der Waals surface area contributed by atoms with Crippen molar-refractivity contribution in [2.24, 2.45) is 0 Å². The molecule has 2 rings (SSSR count). The number of benzene rings is 1. The van der Waals surface area contributed by atoms with Crippen molar-refractivity contribution in [2.45, 2.75) is 13.3 Å². The molecular formula is C12H11NOS2. The Labute approximate surface area is 104 Å². The maximum absolute atomic E-state index is 11.4. The van der Waals surface area contributed by atoms with Gasteiger partial charge in [-0.15, -0.1) is 0 Å². The van der Waals surface area contributed by atoms with Gasteiger partial charge in [0.2, 0.25) is 0 Å². The van der Waals surface area contributed by atoms with Crippen LogP contribution in [0.25, 0.3) is 6.08 Å². The zero-order valence-corrected chi connectivity index (χ0v) is 10.5. The lowest BCUT2D eigenvalue weighted by Gasteiger charge is -1.98. The van der Waals surface area contributed by atoms with Crippen molar-refractivity contribution in [2.75, 3.05) is 0 Å². The van der Waals surface area contributed by atoms with Crippen molar-refractivity contribution in [3.8, 4) is 0 Å². The van der Waals surface area contributed by atoms with Crippen LogP contribution in [0.3, 0.4) is 0 Å². The molecule has 1 N–H and O–H groups in total. The van der Waals surface area contributed by atoms with Crippen LogP contribution >= 0.6 is 24.0 Å². The van der Waals surface area contributed by atoms with Crippen molar-refractivity contribution >= 4 is 40.3 Å². The highest BCUT2D eigenvalue weighted by Crippen LogP contribution is 2.25. The number of thioether (sulfide) groups is 1. The maximum Gasteiger partial charge on any atom is 0.263 e. The van der Waals surface area contributed by atoms with Crippen LogP contribution in [-0.2, 0) is 11.2 Å². The van der Waals surface area contributed by atoms with Gasteiger partial charge in [-0.2, -0.15) is 0 Å². The Bertz CT molecular complexity index is 462. The fourth-order valence-electron chi connectivity index (χ4n) is 1.42. The highest BCUT2D eigenvalue weighted by atomic mass is 32.2. The Hall–Kier alpha value is -1.13. The molecular weight excluding hydrogens is 238 g/mol. The molecule has 0 atom stereocenters. The Kier molecular flexibility index (Phi) is 3.41. The fourth-order valence-corrected chi connectivity index (χ4v) is 2.47. The van der Waals surface area contributed by atoms with Crippen molar-refractivity contribution in [3.63, 3.8) is 0 Å². The quantitative estimate of drug-likeness (QED) is 0.645. The number of amides is 1. The first kappa shape index (κ1) is 11.4. The molecule has 1 aliphatic rings. The second-order valence-electron chi connectivity index (χ2n) is 3.45. The van der Waals surface area contributed by atoms with Gasteiger partial charge >= 0.3 is 0 Å². The minimum Gasteiger partial charge on any atom is -0.307 e. The van der Waals surface area contributed by atoms with Gasteiger partial charge in [0.1, 0.15) is 4.32 Å². The van der Waals surface area contributed by atoms with Gasteiger partial charge in [-0.1, -0.05) is 55.2 Å². The van der Waals surface area contributed by atoms with Crippen LogP contribution in [-0.4, -0.2) is 10.2 Å². The molecule has 1 aliphatic heterocycles. The Balaban J connectivity index is 2.22. The number of aryl methyl sites for hydroxylation is 1. The topological polar surface area (TPSA) is 29.1 Å². The molecule has 16 heavy (non-hydrogen) atoms. The molecule has 1 saturated heterocycles. The first-order chi connectivity index (χ1) is 7.69. The highest BCUT2D eigenvalue weighted by molar-refractivity contribution is 8.26. The third kappa shape index (κ3) is 2.51. The summed E-state index contributed by atoms with van der Waals surface area (Å²) >= 11 is 6.23. The summed E-state index contributed by atoms with van der Waals surface area (Å²) in [5.41, 5.74) is 2.32. The van der Waals surface area contributed by atoms with E-state index in [0.717, 1.165) is 12.0 Å². The summed E-state index contributed by atoms with van der Waals surface area (Å²) in [5, 5.41) is 2.60. The minimum atomic E-state index is -0.102. The summed E-state index contributed by atoms with van der Waals surface area (Å²) in [6, 6.07) is 8.17. The molecule has 0 bridgehead atoms. The Morgan fingerprint density at radius 2 is 2.06 bits per heavy atom. The largest absolute Gasteiger partial charge is 0.307 e. The molecule has 0 spiro atoms. The summed E-state index contributed by atoms with van der Waals surface area (Å²) in [5.74, 6) is -0.102. The Morgan fingerprint density at radius 1 is 1.38 bits per heavy atom. The monoisotopic (exact) mass is 249 g/mol. The predicted molar refractivity (Wildman–Crippen MR) is 72.1 cm³/mol. The van der Waals surface area contributed by atoms with E-state index in [1.54, 1.807) is 0 Å². The summed E-state index contributed by atoms with van der Waals surface area (Å²) < 4.78 is 0.529. The van der Waals surface area contributed by atoms with Crippen molar-refractivity contribution in [1.29, 1.82) is 0 Å². The molecule has 82 valence electrons. The second-order valence-corrected chi connectivity index (χ2v) is 5.17. The number of nitrogens with one attached hydrogen (secondary N) is 1. The van der Waals surface area contributed by atoms with Gasteiger partial charge < -0.3 is 5.32 Å². The van der Waals surface area contributed by atoms with Crippen molar-refractivity contribution < 1.29 is 4.79 Å². The van der Waals surface area contributed by atoms with Crippen LogP contribution in [0.1, 0.15) is 18.1 Å². The molecule has 1 aromatic carbocycles. The molecule has 1 fully saturated rings. The molecule has 0 unspecified atom stereocenters. The van der Waals surface area contributed by atoms with E-state index < -0.39 is 0 Å². The lowest BCUT2D eigenvalue weighted by molar-refractivity contribution is -0.115. The van der Waals surface area contributed by atoms with Crippen LogP contribution in [0.4, 0.5) is 0 Å². The van der Waals surface area contributed by atoms with Crippen LogP contribution in [0.5, 0.6) is 0 Å². The van der Waals surface area contributed by atoms with Gasteiger partial charge in [0.15, 0.2) is 0 Å². The number of thiocarbonyl (C=S) groups is 1. The highest BCUT2D eigenvalue weighted by Gasteiger charge is 2.21. The van der Waals surface area contributed by atoms with Gasteiger partial charge in [-0.25, -0.2) is 0 Å². The number of carbonyl (C=O) groups excluding carboxylic acids is 1. The molecule has 2 nitrogen and oxygen atoms in total. The predicted octanol–water partition coefficient (Wildman–Crippen LogP) is 2.74. The normalized spacial score (nSPS) is 17.9. The van der Waals surface area contributed by atoms with Crippen molar-refractivity contribution in [3.05, 3.63) is 40.3 Å². The first-order valence-corrected chi connectivity index (χ1v) is 6.25. The molecule has 0 saturated carbocycles. The third-order valence-corrected chi connectivity index (χ3v) is 3.49. The standard InChI is InChI=1S/C12H11NOS2/c1-2-8-3-5-9(6-4-8)7-10-11(14)13-12(15)16-10/h3-7H,2H2,1H3,(H,13,14,15)/b10-7+. The van der Waals surface area contributed by atoms with E-state index in [1.807, 2.05) is 18.2 Å². The van der Waals surface area contributed by atoms with E-state index in [4.69, 9.17) is 12.2 Å². The molecule has 1 heterocycles. The fraction of sp³-hybridized carbons (Fsp3) is 0.167. The summed E-state index contributed by atoms with van der Waals surface area (Å²) in [7, 11) is 0. The number of hydrogen-bond donors (Lipinski definition) is 1. The van der Waals surface area contributed by atoms with E-state index >= 15 is 0 Å². The maximum atomic E-state index is 11.4. The van der Waals surface area contributed by atoms with E-state index in [1.165, 1.54) is 17.3 Å². The van der Waals surface area contributed by atoms with E-state index in [0.29, 0.717) is 9.23 Å². The third-order valence-electron chi connectivity index (χ3n) is 2.33.